The van der Waals surface area contributed by atoms with Gasteiger partial charge in [-0.1, -0.05) is 0 Å². The van der Waals surface area contributed by atoms with Gasteiger partial charge in [0.15, 0.2) is 0 Å². The Labute approximate surface area is 202 Å². The van der Waals surface area contributed by atoms with Crippen LogP contribution in [0.3, 0.4) is 0 Å². The van der Waals surface area contributed by atoms with Crippen molar-refractivity contribution in [3.8, 4) is 5.75 Å². The first-order valence-electron chi connectivity index (χ1n) is 11.4. The SMILES string of the molecule is CC(C)(Cc1cccc(CC(=O)N2CCC(C(N)=O)CC2)c1)[As]CC(O)c1ccc(O)cc1. The van der Waals surface area contributed by atoms with Gasteiger partial charge in [0.1, 0.15) is 0 Å². The van der Waals surface area contributed by atoms with Crippen LogP contribution in [0, 0.1) is 5.92 Å². The quantitative estimate of drug-likeness (QED) is 0.448. The molecule has 0 bridgehead atoms. The van der Waals surface area contributed by atoms with Gasteiger partial charge >= 0.3 is 192 Å². The Morgan fingerprint density at radius 3 is 2.39 bits per heavy atom. The van der Waals surface area contributed by atoms with Crippen molar-refractivity contribution in [1.29, 1.82) is 0 Å². The molecule has 1 radical (unpaired) electrons. The van der Waals surface area contributed by atoms with Crippen LogP contribution in [0.15, 0.2) is 48.5 Å². The van der Waals surface area contributed by atoms with Gasteiger partial charge in [-0.2, -0.15) is 0 Å². The molecule has 1 saturated heterocycles. The minimum absolute atomic E-state index is 0.0771. The Morgan fingerprint density at radius 2 is 1.76 bits per heavy atom. The predicted octanol–water partition coefficient (Wildman–Crippen LogP) is 3.26. The van der Waals surface area contributed by atoms with Gasteiger partial charge in [-0.3, -0.25) is 4.79 Å². The summed E-state index contributed by atoms with van der Waals surface area (Å²) in [6.45, 7) is 5.65. The van der Waals surface area contributed by atoms with Gasteiger partial charge in [0.05, 0.1) is 0 Å². The first-order valence-corrected chi connectivity index (χ1v) is 13.7. The molecule has 1 heterocycles. The molecule has 0 spiro atoms. The van der Waals surface area contributed by atoms with Crippen LogP contribution >= 0.6 is 0 Å². The minimum atomic E-state index is -0.521. The van der Waals surface area contributed by atoms with Gasteiger partial charge in [-0.15, -0.1) is 0 Å². The van der Waals surface area contributed by atoms with Crippen molar-refractivity contribution in [2.45, 2.75) is 55.0 Å². The number of carbonyl (C=O) groups is 2. The van der Waals surface area contributed by atoms with E-state index in [0.29, 0.717) is 32.4 Å². The van der Waals surface area contributed by atoms with Crippen LogP contribution in [0.4, 0.5) is 0 Å². The van der Waals surface area contributed by atoms with Crippen molar-refractivity contribution in [1.82, 2.24) is 4.90 Å². The van der Waals surface area contributed by atoms with E-state index in [0.717, 1.165) is 22.8 Å². The standard InChI is InChI=1S/C26H34AsN2O4/c1-26(2,27-17-23(31)20-6-8-22(30)9-7-20)16-19-5-3-4-18(14-19)15-24(32)29-12-10-21(11-13-29)25(28)33/h3-9,14,21,23,30-31H,10-13,15-17H2,1-2H3,(H2,28,33). The number of aliphatic hydroxyl groups is 1. The monoisotopic (exact) mass is 513 g/mol. The van der Waals surface area contributed by atoms with Crippen LogP contribution in [-0.4, -0.2) is 55.8 Å². The van der Waals surface area contributed by atoms with Crippen molar-refractivity contribution < 1.29 is 19.8 Å². The molecule has 6 nitrogen and oxygen atoms in total. The van der Waals surface area contributed by atoms with Gasteiger partial charge in [-0.25, -0.2) is 0 Å². The van der Waals surface area contributed by atoms with Crippen LogP contribution in [0.1, 0.15) is 49.5 Å². The Bertz CT molecular complexity index is 953. The van der Waals surface area contributed by atoms with E-state index in [-0.39, 0.29) is 43.4 Å². The van der Waals surface area contributed by atoms with Crippen LogP contribution < -0.4 is 5.73 Å². The summed E-state index contributed by atoms with van der Waals surface area (Å²) in [7, 11) is 0. The van der Waals surface area contributed by atoms with Crippen molar-refractivity contribution in [2.75, 3.05) is 13.1 Å². The number of hydrogen-bond donors (Lipinski definition) is 3. The number of piperidine rings is 1. The molecule has 2 amide bonds. The molecule has 7 heteroatoms. The van der Waals surface area contributed by atoms with Crippen LogP contribution in [-0.2, 0) is 22.4 Å². The third-order valence-corrected chi connectivity index (χ3v) is 9.44. The maximum absolute atomic E-state index is 12.7. The number of hydrogen-bond acceptors (Lipinski definition) is 4. The summed E-state index contributed by atoms with van der Waals surface area (Å²) in [5.41, 5.74) is 8.43. The number of primary amides is 1. The third-order valence-electron chi connectivity index (χ3n) is 6.20. The van der Waals surface area contributed by atoms with Crippen LogP contribution in [0.2, 0.25) is 9.41 Å². The third kappa shape index (κ3) is 7.62. The summed E-state index contributed by atoms with van der Waals surface area (Å²) < 4.78 is 0.0771. The van der Waals surface area contributed by atoms with Gasteiger partial charge in [-0.05, 0) is 0 Å². The van der Waals surface area contributed by atoms with Crippen molar-refractivity contribution in [2.24, 2.45) is 11.7 Å². The number of phenols is 1. The first kappa shape index (κ1) is 25.3. The zero-order chi connectivity index (χ0) is 24.0. The molecule has 0 aliphatic carbocycles. The number of nitrogens with zero attached hydrogens (tertiary/aromatic N) is 1. The number of aliphatic hydroxyl groups excluding tert-OH is 1. The molecular weight excluding hydrogens is 479 g/mol. The van der Waals surface area contributed by atoms with Gasteiger partial charge in [0.2, 0.25) is 0 Å². The Morgan fingerprint density at radius 1 is 1.12 bits per heavy atom. The Kier molecular flexibility index (Phi) is 8.61. The second-order valence-electron chi connectivity index (χ2n) is 9.49. The van der Waals surface area contributed by atoms with Crippen LogP contribution in [0.25, 0.3) is 0 Å². The van der Waals surface area contributed by atoms with Crippen LogP contribution in [0.5, 0.6) is 5.75 Å². The molecule has 1 unspecified atom stereocenters. The van der Waals surface area contributed by atoms with E-state index in [4.69, 9.17) is 5.73 Å². The number of phenolic OH excluding ortho intramolecular Hbond substituents is 1. The molecule has 1 aliphatic rings. The average Bonchev–Trinajstić information content (AvgIpc) is 2.78. The zero-order valence-electron chi connectivity index (χ0n) is 19.4. The number of rotatable bonds is 9. The molecule has 3 rings (SSSR count). The van der Waals surface area contributed by atoms with Gasteiger partial charge in [0, 0.05) is 0 Å². The second-order valence-corrected chi connectivity index (χ2v) is 13.5. The molecule has 4 N–H and O–H groups in total. The summed E-state index contributed by atoms with van der Waals surface area (Å²) in [5, 5.41) is 20.7. The summed E-state index contributed by atoms with van der Waals surface area (Å²) in [5.74, 6) is -0.0869. The summed E-state index contributed by atoms with van der Waals surface area (Å²) in [6, 6.07) is 15.0. The molecule has 1 aliphatic heterocycles. The fourth-order valence-electron chi connectivity index (χ4n) is 4.24. The van der Waals surface area contributed by atoms with E-state index in [2.05, 4.69) is 26.0 Å². The molecule has 0 aromatic heterocycles. The van der Waals surface area contributed by atoms with Crippen molar-refractivity contribution in [3.63, 3.8) is 0 Å². The maximum atomic E-state index is 12.7. The number of aromatic hydroxyl groups is 1. The molecule has 33 heavy (non-hydrogen) atoms. The number of benzene rings is 2. The summed E-state index contributed by atoms with van der Waals surface area (Å²) in [4.78, 5) is 25.9. The average molecular weight is 513 g/mol. The Balaban J connectivity index is 1.52. The normalized spacial score (nSPS) is 16.3. The van der Waals surface area contributed by atoms with Crippen molar-refractivity contribution >= 4 is 27.6 Å². The van der Waals surface area contributed by atoms with Gasteiger partial charge in [0.25, 0.3) is 0 Å². The Hall–Kier alpha value is -2.30. The number of nitrogens with two attached hydrogens (primary N) is 1. The van der Waals surface area contributed by atoms with Crippen molar-refractivity contribution in [3.05, 3.63) is 65.2 Å². The zero-order valence-corrected chi connectivity index (χ0v) is 21.3. The first-order chi connectivity index (χ1) is 15.6. The van der Waals surface area contributed by atoms with E-state index in [1.807, 2.05) is 17.0 Å². The fraction of sp³-hybridized carbons (Fsp3) is 0.462. The number of amides is 2. The topological polar surface area (TPSA) is 104 Å². The molecule has 177 valence electrons. The van der Waals surface area contributed by atoms with E-state index in [9.17, 15) is 19.8 Å². The number of likely N-dealkylation sites (tertiary alicyclic amines) is 1. The summed E-state index contributed by atoms with van der Waals surface area (Å²) in [6.07, 6.45) is 2.03. The van der Waals surface area contributed by atoms with E-state index >= 15 is 0 Å². The number of carbonyl (C=O) groups excluding carboxylic acids is 2. The predicted molar refractivity (Wildman–Crippen MR) is 130 cm³/mol. The second kappa shape index (κ2) is 11.2. The van der Waals surface area contributed by atoms with E-state index in [1.54, 1.807) is 24.3 Å². The van der Waals surface area contributed by atoms with E-state index in [1.165, 1.54) is 5.56 Å². The molecule has 2 aromatic rings. The molecule has 2 aromatic carbocycles. The summed E-state index contributed by atoms with van der Waals surface area (Å²) >= 11 is -0.127. The van der Waals surface area contributed by atoms with E-state index < -0.39 is 6.10 Å². The molecular formula is C26H34AsN2O4. The molecule has 0 saturated carbocycles. The molecule has 1 atom stereocenters. The fourth-order valence-corrected chi connectivity index (χ4v) is 6.70. The molecule has 1 fully saturated rings. The van der Waals surface area contributed by atoms with Gasteiger partial charge < -0.3 is 5.73 Å².